The lowest BCUT2D eigenvalue weighted by atomic mass is 10.9. The normalized spacial score (nSPS) is 13.0. The molecule has 0 heterocycles. The average molecular weight is 209 g/mol. The first-order valence-electron chi connectivity index (χ1n) is 3.90. The van der Waals surface area contributed by atoms with Gasteiger partial charge < -0.3 is 18.9 Å². The SMILES string of the molecule is CCOP(=O)(/C=C(\[O-])OC)OCC. The number of rotatable bonds is 6. The molecular weight excluding hydrogens is 195 g/mol. The number of methoxy groups -OCH3 is 1. The van der Waals surface area contributed by atoms with Gasteiger partial charge in [-0.2, -0.15) is 0 Å². The van der Waals surface area contributed by atoms with E-state index in [4.69, 9.17) is 9.05 Å². The third kappa shape index (κ3) is 4.93. The molecule has 0 bridgehead atoms. The van der Waals surface area contributed by atoms with Crippen molar-refractivity contribution in [3.05, 3.63) is 11.8 Å². The van der Waals surface area contributed by atoms with Crippen LogP contribution in [-0.2, 0) is 18.3 Å². The van der Waals surface area contributed by atoms with E-state index >= 15 is 0 Å². The molecule has 13 heavy (non-hydrogen) atoms. The van der Waals surface area contributed by atoms with Gasteiger partial charge in [-0.1, -0.05) is 0 Å². The molecule has 5 nitrogen and oxygen atoms in total. The van der Waals surface area contributed by atoms with Crippen molar-refractivity contribution in [1.29, 1.82) is 0 Å². The summed E-state index contributed by atoms with van der Waals surface area (Å²) >= 11 is 0. The van der Waals surface area contributed by atoms with E-state index in [1.807, 2.05) is 0 Å². The van der Waals surface area contributed by atoms with E-state index < -0.39 is 13.5 Å². The summed E-state index contributed by atoms with van der Waals surface area (Å²) in [5.41, 5.74) is 0. The molecule has 78 valence electrons. The van der Waals surface area contributed by atoms with Crippen molar-refractivity contribution in [1.82, 2.24) is 0 Å². The van der Waals surface area contributed by atoms with Gasteiger partial charge >= 0.3 is 7.60 Å². The van der Waals surface area contributed by atoms with Crippen molar-refractivity contribution in [3.63, 3.8) is 0 Å². The monoisotopic (exact) mass is 209 g/mol. The molecule has 0 saturated heterocycles. The second-order valence-corrected chi connectivity index (χ2v) is 3.88. The van der Waals surface area contributed by atoms with Crippen LogP contribution in [0.3, 0.4) is 0 Å². The third-order valence-electron chi connectivity index (χ3n) is 1.08. The Kier molecular flexibility index (Phi) is 5.79. The highest BCUT2D eigenvalue weighted by Crippen LogP contribution is 2.49. The maximum absolute atomic E-state index is 11.6. The lowest BCUT2D eigenvalue weighted by Crippen LogP contribution is -2.06. The molecule has 0 amide bonds. The zero-order chi connectivity index (χ0) is 10.3. The molecule has 6 heteroatoms. The fourth-order valence-electron chi connectivity index (χ4n) is 0.653. The van der Waals surface area contributed by atoms with Crippen LogP contribution >= 0.6 is 7.60 Å². The molecule has 0 radical (unpaired) electrons. The molecule has 0 spiro atoms. The van der Waals surface area contributed by atoms with Gasteiger partial charge in [0.15, 0.2) is 0 Å². The fourth-order valence-corrected chi connectivity index (χ4v) is 1.96. The van der Waals surface area contributed by atoms with Crippen LogP contribution in [0.25, 0.3) is 0 Å². The summed E-state index contributed by atoms with van der Waals surface area (Å²) in [7, 11) is -2.20. The smallest absolute Gasteiger partial charge is 0.355 e. The Balaban J connectivity index is 4.49. The molecule has 0 aromatic heterocycles. The Morgan fingerprint density at radius 2 is 1.85 bits per heavy atom. The lowest BCUT2D eigenvalue weighted by Gasteiger charge is -2.16. The number of hydrogen-bond acceptors (Lipinski definition) is 5. The van der Waals surface area contributed by atoms with E-state index in [1.165, 1.54) is 7.11 Å². The van der Waals surface area contributed by atoms with Gasteiger partial charge in [-0.05, 0) is 21.0 Å². The van der Waals surface area contributed by atoms with Crippen molar-refractivity contribution in [2.24, 2.45) is 0 Å². The van der Waals surface area contributed by atoms with E-state index in [0.29, 0.717) is 0 Å². The maximum atomic E-state index is 11.6. The van der Waals surface area contributed by atoms with E-state index in [2.05, 4.69) is 4.74 Å². The van der Waals surface area contributed by atoms with Crippen LogP contribution in [0.1, 0.15) is 13.8 Å². The Labute approximate surface area is 77.8 Å². The molecule has 0 N–H and O–H groups in total. The number of hydrogen-bond donors (Lipinski definition) is 0. The second kappa shape index (κ2) is 6.02. The van der Waals surface area contributed by atoms with Crippen LogP contribution in [0.2, 0.25) is 0 Å². The molecule has 0 aromatic carbocycles. The minimum Gasteiger partial charge on any atom is -0.616 e. The van der Waals surface area contributed by atoms with Crippen LogP contribution in [0.4, 0.5) is 0 Å². The summed E-state index contributed by atoms with van der Waals surface area (Å²) < 4.78 is 25.5. The molecule has 0 fully saturated rings. The van der Waals surface area contributed by atoms with Gasteiger partial charge in [-0.25, -0.2) is 0 Å². The van der Waals surface area contributed by atoms with Gasteiger partial charge in [0.2, 0.25) is 0 Å². The summed E-state index contributed by atoms with van der Waals surface area (Å²) in [5, 5.41) is 10.8. The summed E-state index contributed by atoms with van der Waals surface area (Å²) in [6.07, 6.45) is 0. The Morgan fingerprint density at radius 3 is 2.15 bits per heavy atom. The minimum absolute atomic E-state index is 0.213. The first-order valence-corrected chi connectivity index (χ1v) is 5.51. The molecule has 0 aromatic rings. The topological polar surface area (TPSA) is 67.8 Å². The average Bonchev–Trinajstić information content (AvgIpc) is 2.04. The van der Waals surface area contributed by atoms with Gasteiger partial charge in [0, 0.05) is 5.82 Å². The minimum atomic E-state index is -3.39. The number of ether oxygens (including phenoxy) is 1. The van der Waals surface area contributed by atoms with Crippen molar-refractivity contribution in [2.75, 3.05) is 20.3 Å². The zero-order valence-corrected chi connectivity index (χ0v) is 8.87. The molecule has 0 saturated carbocycles. The first kappa shape index (κ1) is 12.5. The second-order valence-electron chi connectivity index (χ2n) is 2.03. The molecular formula is C7H14O5P-. The summed E-state index contributed by atoms with van der Waals surface area (Å²) in [6, 6.07) is 0. The quantitative estimate of drug-likeness (QED) is 0.483. The predicted octanol–water partition coefficient (Wildman–Crippen LogP) is 1.06. The summed E-state index contributed by atoms with van der Waals surface area (Å²) in [5.74, 6) is 0.116. The van der Waals surface area contributed by atoms with Gasteiger partial charge in [-0.3, -0.25) is 4.57 Å². The molecule has 0 aliphatic heterocycles. The first-order chi connectivity index (χ1) is 6.08. The van der Waals surface area contributed by atoms with E-state index in [0.717, 1.165) is 5.82 Å². The van der Waals surface area contributed by atoms with Gasteiger partial charge in [0.1, 0.15) is 0 Å². The maximum Gasteiger partial charge on any atom is 0.355 e. The summed E-state index contributed by atoms with van der Waals surface area (Å²) in [6.45, 7) is 3.75. The van der Waals surface area contributed by atoms with E-state index in [1.54, 1.807) is 13.8 Å². The van der Waals surface area contributed by atoms with E-state index in [9.17, 15) is 9.67 Å². The predicted molar refractivity (Wildman–Crippen MR) is 46.0 cm³/mol. The highest BCUT2D eigenvalue weighted by atomic mass is 31.2. The van der Waals surface area contributed by atoms with Gasteiger partial charge in [-0.15, -0.1) is 0 Å². The zero-order valence-electron chi connectivity index (χ0n) is 7.98. The van der Waals surface area contributed by atoms with Crippen LogP contribution in [-0.4, -0.2) is 20.3 Å². The molecule has 0 aliphatic rings. The Bertz CT molecular complexity index is 203. The van der Waals surface area contributed by atoms with Crippen LogP contribution in [0.15, 0.2) is 11.8 Å². The van der Waals surface area contributed by atoms with Crippen LogP contribution < -0.4 is 5.11 Å². The fraction of sp³-hybridized carbons (Fsp3) is 0.714. The van der Waals surface area contributed by atoms with E-state index in [-0.39, 0.29) is 13.2 Å². The van der Waals surface area contributed by atoms with Gasteiger partial charge in [0.25, 0.3) is 0 Å². The van der Waals surface area contributed by atoms with Crippen molar-refractivity contribution >= 4 is 7.60 Å². The van der Waals surface area contributed by atoms with Crippen LogP contribution in [0, 0.1) is 0 Å². The molecule has 0 rings (SSSR count). The van der Waals surface area contributed by atoms with Crippen LogP contribution in [0.5, 0.6) is 0 Å². The Hall–Kier alpha value is -0.510. The molecule has 0 atom stereocenters. The highest BCUT2D eigenvalue weighted by Gasteiger charge is 2.19. The van der Waals surface area contributed by atoms with Crippen molar-refractivity contribution in [2.45, 2.75) is 13.8 Å². The molecule has 0 aliphatic carbocycles. The highest BCUT2D eigenvalue weighted by molar-refractivity contribution is 7.57. The molecule has 0 unspecified atom stereocenters. The largest absolute Gasteiger partial charge is 0.616 e. The van der Waals surface area contributed by atoms with Gasteiger partial charge in [0.05, 0.1) is 19.2 Å². The third-order valence-corrected chi connectivity index (χ3v) is 2.85. The lowest BCUT2D eigenvalue weighted by molar-refractivity contribution is -0.352. The standard InChI is InChI=1S/C7H15O5P/c1-4-11-13(9,12-5-2)6-7(8)10-3/h6,8H,4-5H2,1-3H3/p-1/b7-6+. The van der Waals surface area contributed by atoms with Crippen molar-refractivity contribution < 1.29 is 23.5 Å². The Morgan fingerprint density at radius 1 is 1.38 bits per heavy atom. The van der Waals surface area contributed by atoms with Crippen molar-refractivity contribution in [3.8, 4) is 0 Å². The summed E-state index contributed by atoms with van der Waals surface area (Å²) in [4.78, 5) is 0.